The zero-order chi connectivity index (χ0) is 10.4. The molecule has 1 heterocycles. The molecule has 2 aromatic carbocycles. The molecule has 0 unspecified atom stereocenters. The van der Waals surface area contributed by atoms with E-state index in [1.165, 1.54) is 6.07 Å². The van der Waals surface area contributed by atoms with Crippen LogP contribution in [0.3, 0.4) is 0 Å². The Hall–Kier alpha value is -1.54. The lowest BCUT2D eigenvalue weighted by atomic mass is 10.1. The highest BCUT2D eigenvalue weighted by molar-refractivity contribution is 6.35. The van der Waals surface area contributed by atoms with E-state index in [1.54, 1.807) is 30.3 Å². The fourth-order valence-electron chi connectivity index (χ4n) is 1.77. The first kappa shape index (κ1) is 8.74. The lowest BCUT2D eigenvalue weighted by Crippen LogP contribution is -1.73. The maximum Gasteiger partial charge on any atom is 0.154 e. The van der Waals surface area contributed by atoms with Crippen molar-refractivity contribution < 1.29 is 8.81 Å². The van der Waals surface area contributed by atoms with E-state index in [1.807, 2.05) is 0 Å². The molecule has 0 aliphatic carbocycles. The molecule has 0 bridgehead atoms. The van der Waals surface area contributed by atoms with Gasteiger partial charge in [0.25, 0.3) is 0 Å². The van der Waals surface area contributed by atoms with Gasteiger partial charge >= 0.3 is 0 Å². The van der Waals surface area contributed by atoms with Gasteiger partial charge in [0.05, 0.1) is 10.4 Å². The molecule has 74 valence electrons. The molecule has 0 amide bonds. The number of para-hydroxylation sites is 1. The van der Waals surface area contributed by atoms with Crippen molar-refractivity contribution in [3.8, 4) is 0 Å². The van der Waals surface area contributed by atoms with Crippen molar-refractivity contribution in [1.29, 1.82) is 0 Å². The van der Waals surface area contributed by atoms with Crippen LogP contribution in [0.5, 0.6) is 0 Å². The van der Waals surface area contributed by atoms with E-state index in [-0.39, 0.29) is 5.82 Å². The molecule has 0 N–H and O–H groups in total. The fraction of sp³-hybridized carbons (Fsp3) is 0. The van der Waals surface area contributed by atoms with Crippen LogP contribution in [0, 0.1) is 5.82 Å². The molecule has 0 aliphatic heterocycles. The van der Waals surface area contributed by atoms with E-state index < -0.39 is 0 Å². The van der Waals surface area contributed by atoms with Crippen LogP contribution < -0.4 is 0 Å². The Morgan fingerprint density at radius 1 is 1.07 bits per heavy atom. The van der Waals surface area contributed by atoms with Crippen LogP contribution in [0.1, 0.15) is 0 Å². The lowest BCUT2D eigenvalue weighted by Gasteiger charge is -1.91. The van der Waals surface area contributed by atoms with Gasteiger partial charge in [0.2, 0.25) is 0 Å². The number of fused-ring (bicyclic) bond motifs is 3. The number of rotatable bonds is 0. The zero-order valence-electron chi connectivity index (χ0n) is 7.63. The quantitative estimate of drug-likeness (QED) is 0.548. The molecule has 3 aromatic rings. The maximum atomic E-state index is 13.6. The maximum absolute atomic E-state index is 13.6. The van der Waals surface area contributed by atoms with Crippen LogP contribution in [-0.2, 0) is 0 Å². The summed E-state index contributed by atoms with van der Waals surface area (Å²) in [5.41, 5.74) is 1.07. The molecular weight excluding hydrogens is 215 g/mol. The Bertz CT molecular complexity index is 657. The van der Waals surface area contributed by atoms with E-state index in [0.29, 0.717) is 21.6 Å². The van der Waals surface area contributed by atoms with Gasteiger partial charge in [0, 0.05) is 5.39 Å². The van der Waals surface area contributed by atoms with Gasteiger partial charge < -0.3 is 4.42 Å². The van der Waals surface area contributed by atoms with E-state index in [0.717, 1.165) is 5.39 Å². The summed E-state index contributed by atoms with van der Waals surface area (Å²) >= 11 is 5.96. The normalized spacial score (nSPS) is 11.3. The van der Waals surface area contributed by atoms with Crippen LogP contribution in [-0.4, -0.2) is 0 Å². The summed E-state index contributed by atoms with van der Waals surface area (Å²) in [6.07, 6.45) is 0. The molecule has 0 fully saturated rings. The Labute approximate surface area is 90.1 Å². The molecule has 0 saturated carbocycles. The van der Waals surface area contributed by atoms with Gasteiger partial charge in [-0.1, -0.05) is 29.8 Å². The van der Waals surface area contributed by atoms with E-state index in [2.05, 4.69) is 0 Å². The molecule has 1 aromatic heterocycles. The number of halogens is 2. The van der Waals surface area contributed by atoms with Crippen molar-refractivity contribution in [3.63, 3.8) is 0 Å². The highest BCUT2D eigenvalue weighted by Gasteiger charge is 2.12. The van der Waals surface area contributed by atoms with Gasteiger partial charge in [-0.25, -0.2) is 4.39 Å². The summed E-state index contributed by atoms with van der Waals surface area (Å²) in [7, 11) is 0. The smallest absolute Gasteiger partial charge is 0.154 e. The third-order valence-electron chi connectivity index (χ3n) is 2.42. The third-order valence-corrected chi connectivity index (χ3v) is 2.72. The molecule has 0 saturated heterocycles. The van der Waals surface area contributed by atoms with Gasteiger partial charge in [0.15, 0.2) is 5.58 Å². The molecule has 0 radical (unpaired) electrons. The summed E-state index contributed by atoms with van der Waals surface area (Å²) in [6, 6.07) is 10.1. The first-order chi connectivity index (χ1) is 7.27. The van der Waals surface area contributed by atoms with Crippen LogP contribution in [0.4, 0.5) is 4.39 Å². The largest absolute Gasteiger partial charge is 0.454 e. The minimum atomic E-state index is -0.284. The van der Waals surface area contributed by atoms with Crippen LogP contribution in [0.15, 0.2) is 40.8 Å². The predicted molar refractivity (Wildman–Crippen MR) is 58.7 cm³/mol. The van der Waals surface area contributed by atoms with Gasteiger partial charge in [0.1, 0.15) is 11.4 Å². The zero-order valence-corrected chi connectivity index (χ0v) is 8.38. The second-order valence-electron chi connectivity index (χ2n) is 3.33. The van der Waals surface area contributed by atoms with Crippen LogP contribution in [0.2, 0.25) is 5.02 Å². The van der Waals surface area contributed by atoms with Gasteiger partial charge in [-0.05, 0) is 18.2 Å². The molecule has 0 spiro atoms. The molecule has 1 nitrogen and oxygen atoms in total. The second-order valence-corrected chi connectivity index (χ2v) is 3.74. The topological polar surface area (TPSA) is 13.1 Å². The van der Waals surface area contributed by atoms with Crippen LogP contribution >= 0.6 is 11.6 Å². The van der Waals surface area contributed by atoms with Crippen molar-refractivity contribution in [2.75, 3.05) is 0 Å². The van der Waals surface area contributed by atoms with Gasteiger partial charge in [-0.3, -0.25) is 0 Å². The Morgan fingerprint density at radius 2 is 1.87 bits per heavy atom. The molecule has 15 heavy (non-hydrogen) atoms. The van der Waals surface area contributed by atoms with Gasteiger partial charge in [-0.2, -0.15) is 0 Å². The summed E-state index contributed by atoms with van der Waals surface area (Å²) in [6.45, 7) is 0. The van der Waals surface area contributed by atoms with Crippen LogP contribution in [0.25, 0.3) is 21.9 Å². The van der Waals surface area contributed by atoms with Crippen molar-refractivity contribution in [3.05, 3.63) is 47.2 Å². The fourth-order valence-corrected chi connectivity index (χ4v) is 1.98. The standard InChI is InChI=1S/C12H6ClFO/c13-8-4-1-3-7-11-9(14)5-2-6-10(11)15-12(7)8/h1-6H. The molecule has 3 heteroatoms. The highest BCUT2D eigenvalue weighted by Crippen LogP contribution is 2.34. The minimum absolute atomic E-state index is 0.284. The van der Waals surface area contributed by atoms with Crippen molar-refractivity contribution in [1.82, 2.24) is 0 Å². The summed E-state index contributed by atoms with van der Waals surface area (Å²) in [4.78, 5) is 0. The van der Waals surface area contributed by atoms with E-state index in [9.17, 15) is 4.39 Å². The molecular formula is C12H6ClFO. The molecule has 3 rings (SSSR count). The van der Waals surface area contributed by atoms with E-state index in [4.69, 9.17) is 16.0 Å². The lowest BCUT2D eigenvalue weighted by molar-refractivity contribution is 0.634. The monoisotopic (exact) mass is 220 g/mol. The average Bonchev–Trinajstić information content (AvgIpc) is 2.59. The minimum Gasteiger partial charge on any atom is -0.454 e. The number of hydrogen-bond donors (Lipinski definition) is 0. The predicted octanol–water partition coefficient (Wildman–Crippen LogP) is 4.38. The number of benzene rings is 2. The van der Waals surface area contributed by atoms with Gasteiger partial charge in [-0.15, -0.1) is 0 Å². The van der Waals surface area contributed by atoms with Crippen molar-refractivity contribution >= 4 is 33.5 Å². The summed E-state index contributed by atoms with van der Waals surface area (Å²) in [5, 5.41) is 1.72. The Morgan fingerprint density at radius 3 is 2.73 bits per heavy atom. The first-order valence-corrected chi connectivity index (χ1v) is 4.90. The summed E-state index contributed by atoms with van der Waals surface area (Å²) < 4.78 is 19.1. The Kier molecular flexibility index (Phi) is 1.73. The SMILES string of the molecule is Fc1cccc2oc3c(Cl)cccc3c12. The highest BCUT2D eigenvalue weighted by atomic mass is 35.5. The van der Waals surface area contributed by atoms with E-state index >= 15 is 0 Å². The Balaban J connectivity index is 2.65. The average molecular weight is 221 g/mol. The first-order valence-electron chi connectivity index (χ1n) is 4.52. The van der Waals surface area contributed by atoms with Crippen molar-refractivity contribution in [2.24, 2.45) is 0 Å². The second kappa shape index (κ2) is 2.97. The number of hydrogen-bond acceptors (Lipinski definition) is 1. The molecule has 0 aliphatic rings. The number of furan rings is 1. The third kappa shape index (κ3) is 1.15. The summed E-state index contributed by atoms with van der Waals surface area (Å²) in [5.74, 6) is -0.284. The molecule has 0 atom stereocenters. The van der Waals surface area contributed by atoms with Crippen molar-refractivity contribution in [2.45, 2.75) is 0 Å².